The van der Waals surface area contributed by atoms with E-state index in [2.05, 4.69) is 49.1 Å². The fourth-order valence-corrected chi connectivity index (χ4v) is 3.52. The molecule has 0 saturated carbocycles. The van der Waals surface area contributed by atoms with Crippen LogP contribution in [0.2, 0.25) is 0 Å². The van der Waals surface area contributed by atoms with Crippen LogP contribution in [0.1, 0.15) is 57.9 Å². The Hall–Kier alpha value is -1.31. The molecule has 1 heterocycles. The predicted molar refractivity (Wildman–Crippen MR) is 92.8 cm³/mol. The molecule has 1 unspecified atom stereocenters. The van der Waals surface area contributed by atoms with Gasteiger partial charge in [-0.3, -0.25) is 4.79 Å². The predicted octanol–water partition coefficient (Wildman–Crippen LogP) is 4.68. The topological polar surface area (TPSA) is 20.3 Å². The van der Waals surface area contributed by atoms with Crippen molar-refractivity contribution in [1.82, 2.24) is 4.90 Å². The summed E-state index contributed by atoms with van der Waals surface area (Å²) in [4.78, 5) is 14.8. The summed E-state index contributed by atoms with van der Waals surface area (Å²) >= 11 is 0. The SMILES string of the molecule is CCCCC(CC)C(=O)N1CCC(Cc2ccccc2)CC1. The van der Waals surface area contributed by atoms with E-state index in [4.69, 9.17) is 0 Å². The second kappa shape index (κ2) is 8.97. The monoisotopic (exact) mass is 301 g/mol. The van der Waals surface area contributed by atoms with E-state index in [1.807, 2.05) is 0 Å². The number of unbranched alkanes of at least 4 members (excludes halogenated alkanes) is 1. The number of piperidine rings is 1. The average Bonchev–Trinajstić information content (AvgIpc) is 2.57. The minimum Gasteiger partial charge on any atom is -0.342 e. The standard InChI is InChI=1S/C20H31NO/c1-3-5-11-19(4-2)20(22)21-14-12-18(13-15-21)16-17-9-7-6-8-10-17/h6-10,18-19H,3-5,11-16H2,1-2H3. The van der Waals surface area contributed by atoms with Gasteiger partial charge in [-0.05, 0) is 43.6 Å². The minimum absolute atomic E-state index is 0.255. The van der Waals surface area contributed by atoms with Crippen molar-refractivity contribution >= 4 is 5.91 Å². The first-order valence-corrected chi connectivity index (χ1v) is 9.07. The fourth-order valence-electron chi connectivity index (χ4n) is 3.52. The number of hydrogen-bond donors (Lipinski definition) is 0. The van der Waals surface area contributed by atoms with E-state index in [1.54, 1.807) is 0 Å². The van der Waals surface area contributed by atoms with Crippen molar-refractivity contribution in [3.63, 3.8) is 0 Å². The van der Waals surface area contributed by atoms with Gasteiger partial charge in [0.1, 0.15) is 0 Å². The maximum Gasteiger partial charge on any atom is 0.225 e. The third-order valence-electron chi connectivity index (χ3n) is 5.04. The van der Waals surface area contributed by atoms with Crippen molar-refractivity contribution in [3.05, 3.63) is 35.9 Å². The van der Waals surface area contributed by atoms with Gasteiger partial charge < -0.3 is 4.90 Å². The Morgan fingerprint density at radius 2 is 1.86 bits per heavy atom. The molecule has 0 radical (unpaired) electrons. The van der Waals surface area contributed by atoms with Crippen molar-refractivity contribution in [2.24, 2.45) is 11.8 Å². The molecule has 1 amide bonds. The Labute approximate surface area is 135 Å². The third kappa shape index (κ3) is 4.86. The van der Waals surface area contributed by atoms with Gasteiger partial charge in [-0.2, -0.15) is 0 Å². The van der Waals surface area contributed by atoms with Crippen molar-refractivity contribution in [1.29, 1.82) is 0 Å². The van der Waals surface area contributed by atoms with Gasteiger partial charge in [-0.1, -0.05) is 57.0 Å². The van der Waals surface area contributed by atoms with E-state index in [-0.39, 0.29) is 5.92 Å². The molecule has 1 aliphatic heterocycles. The van der Waals surface area contributed by atoms with Gasteiger partial charge in [0.2, 0.25) is 5.91 Å². The molecule has 2 heteroatoms. The molecule has 1 fully saturated rings. The van der Waals surface area contributed by atoms with Crippen LogP contribution >= 0.6 is 0 Å². The molecule has 0 aliphatic carbocycles. The first kappa shape index (κ1) is 17.1. The minimum atomic E-state index is 0.255. The van der Waals surface area contributed by atoms with Gasteiger partial charge in [0.05, 0.1) is 0 Å². The molecule has 122 valence electrons. The number of benzene rings is 1. The summed E-state index contributed by atoms with van der Waals surface area (Å²) in [6, 6.07) is 10.7. The van der Waals surface area contributed by atoms with Gasteiger partial charge in [0.25, 0.3) is 0 Å². The lowest BCUT2D eigenvalue weighted by Gasteiger charge is -2.34. The fraction of sp³-hybridized carbons (Fsp3) is 0.650. The molecule has 2 rings (SSSR count). The lowest BCUT2D eigenvalue weighted by molar-refractivity contribution is -0.137. The highest BCUT2D eigenvalue weighted by Gasteiger charge is 2.26. The number of carbonyl (C=O) groups excluding carboxylic acids is 1. The Morgan fingerprint density at radius 1 is 1.18 bits per heavy atom. The quantitative estimate of drug-likeness (QED) is 0.716. The summed E-state index contributed by atoms with van der Waals surface area (Å²) in [5.41, 5.74) is 1.43. The Balaban J connectivity index is 1.79. The molecule has 0 bridgehead atoms. The highest BCUT2D eigenvalue weighted by atomic mass is 16.2. The normalized spacial score (nSPS) is 17.5. The third-order valence-corrected chi connectivity index (χ3v) is 5.04. The van der Waals surface area contributed by atoms with Crippen LogP contribution in [-0.4, -0.2) is 23.9 Å². The number of rotatable bonds is 7. The van der Waals surface area contributed by atoms with Crippen LogP contribution < -0.4 is 0 Å². The largest absolute Gasteiger partial charge is 0.342 e. The molecular formula is C20H31NO. The summed E-state index contributed by atoms with van der Waals surface area (Å²) in [7, 11) is 0. The van der Waals surface area contributed by atoms with Gasteiger partial charge in [-0.15, -0.1) is 0 Å². The number of amides is 1. The number of hydrogen-bond acceptors (Lipinski definition) is 1. The van der Waals surface area contributed by atoms with Crippen LogP contribution in [0.3, 0.4) is 0 Å². The van der Waals surface area contributed by atoms with Crippen LogP contribution in [0, 0.1) is 11.8 Å². The molecule has 0 aromatic heterocycles. The summed E-state index contributed by atoms with van der Waals surface area (Å²) in [5.74, 6) is 1.40. The number of likely N-dealkylation sites (tertiary alicyclic amines) is 1. The van der Waals surface area contributed by atoms with Gasteiger partial charge >= 0.3 is 0 Å². The Morgan fingerprint density at radius 3 is 2.45 bits per heavy atom. The van der Waals surface area contributed by atoms with Crippen LogP contribution in [0.15, 0.2) is 30.3 Å². The molecule has 1 aromatic carbocycles. The summed E-state index contributed by atoms with van der Waals surface area (Å²) in [6.45, 7) is 6.27. The summed E-state index contributed by atoms with van der Waals surface area (Å²) in [5, 5.41) is 0. The van der Waals surface area contributed by atoms with Crippen LogP contribution in [0.5, 0.6) is 0 Å². The number of nitrogens with zero attached hydrogens (tertiary/aromatic N) is 1. The average molecular weight is 301 g/mol. The molecule has 0 spiro atoms. The van der Waals surface area contributed by atoms with Gasteiger partial charge in [-0.25, -0.2) is 0 Å². The first-order valence-electron chi connectivity index (χ1n) is 9.07. The first-order chi connectivity index (χ1) is 10.7. The second-order valence-electron chi connectivity index (χ2n) is 6.71. The maximum absolute atomic E-state index is 12.6. The van der Waals surface area contributed by atoms with E-state index < -0.39 is 0 Å². The maximum atomic E-state index is 12.6. The van der Waals surface area contributed by atoms with Crippen LogP contribution in [-0.2, 0) is 11.2 Å². The second-order valence-corrected chi connectivity index (χ2v) is 6.71. The highest BCUT2D eigenvalue weighted by molar-refractivity contribution is 5.78. The van der Waals surface area contributed by atoms with Crippen LogP contribution in [0.4, 0.5) is 0 Å². The van der Waals surface area contributed by atoms with Crippen molar-refractivity contribution < 1.29 is 4.79 Å². The van der Waals surface area contributed by atoms with Gasteiger partial charge in [0, 0.05) is 19.0 Å². The highest BCUT2D eigenvalue weighted by Crippen LogP contribution is 2.24. The van der Waals surface area contributed by atoms with E-state index in [0.29, 0.717) is 5.91 Å². The Kier molecular flexibility index (Phi) is 6.95. The lowest BCUT2D eigenvalue weighted by Crippen LogP contribution is -2.42. The molecule has 1 atom stereocenters. The summed E-state index contributed by atoms with van der Waals surface area (Å²) < 4.78 is 0. The van der Waals surface area contributed by atoms with Crippen molar-refractivity contribution in [2.75, 3.05) is 13.1 Å². The summed E-state index contributed by atoms with van der Waals surface area (Å²) in [6.07, 6.45) is 7.89. The van der Waals surface area contributed by atoms with Crippen molar-refractivity contribution in [2.45, 2.75) is 58.8 Å². The molecular weight excluding hydrogens is 270 g/mol. The Bertz CT molecular complexity index is 434. The van der Waals surface area contributed by atoms with E-state index in [1.165, 1.54) is 18.4 Å². The smallest absolute Gasteiger partial charge is 0.225 e. The van der Waals surface area contributed by atoms with E-state index in [0.717, 1.165) is 51.1 Å². The zero-order valence-corrected chi connectivity index (χ0v) is 14.3. The zero-order valence-electron chi connectivity index (χ0n) is 14.3. The van der Waals surface area contributed by atoms with Crippen LogP contribution in [0.25, 0.3) is 0 Å². The molecule has 1 aromatic rings. The molecule has 2 nitrogen and oxygen atoms in total. The lowest BCUT2D eigenvalue weighted by atomic mass is 9.89. The van der Waals surface area contributed by atoms with E-state index in [9.17, 15) is 4.79 Å². The molecule has 0 N–H and O–H groups in total. The number of carbonyl (C=O) groups is 1. The van der Waals surface area contributed by atoms with E-state index >= 15 is 0 Å². The van der Waals surface area contributed by atoms with Gasteiger partial charge in [0.15, 0.2) is 0 Å². The molecule has 1 saturated heterocycles. The zero-order chi connectivity index (χ0) is 15.8. The molecule has 22 heavy (non-hydrogen) atoms. The van der Waals surface area contributed by atoms with Crippen molar-refractivity contribution in [3.8, 4) is 0 Å². The molecule has 1 aliphatic rings.